The van der Waals surface area contributed by atoms with E-state index in [4.69, 9.17) is 0 Å². The largest absolute Gasteiger partial charge is 0.508 e. The van der Waals surface area contributed by atoms with Crippen LogP contribution in [0.25, 0.3) is 0 Å². The molecule has 2 heterocycles. The first kappa shape index (κ1) is 16.6. The number of aromatic hydroxyl groups is 2. The Morgan fingerprint density at radius 3 is 1.96 bits per heavy atom. The number of carbonyl (C=O) groups excluding carboxylic acids is 1. The number of hydrogen-bond donors (Lipinski definition) is 3. The first-order valence-electron chi connectivity index (χ1n) is 8.00. The Labute approximate surface area is 158 Å². The summed E-state index contributed by atoms with van der Waals surface area (Å²) < 4.78 is 0.670. The van der Waals surface area contributed by atoms with Crippen molar-refractivity contribution < 1.29 is 15.0 Å². The summed E-state index contributed by atoms with van der Waals surface area (Å²) in [5.74, 6) is 0.0450. The molecule has 0 saturated carbocycles. The van der Waals surface area contributed by atoms with E-state index in [-0.39, 0.29) is 17.4 Å². The molecule has 0 spiro atoms. The number of hydrogen-bond acceptors (Lipinski definition) is 4. The lowest BCUT2D eigenvalue weighted by Crippen LogP contribution is -2.37. The van der Waals surface area contributed by atoms with Crippen molar-refractivity contribution in [3.63, 3.8) is 0 Å². The van der Waals surface area contributed by atoms with Crippen molar-refractivity contribution in [2.45, 2.75) is 12.3 Å². The number of nitrogens with zero attached hydrogens (tertiary/aromatic N) is 1. The topological polar surface area (TPSA) is 82.5 Å². The van der Waals surface area contributed by atoms with Crippen molar-refractivity contribution in [1.29, 1.82) is 0 Å². The van der Waals surface area contributed by atoms with Gasteiger partial charge in [-0.05, 0) is 58.2 Å². The number of phenols is 2. The van der Waals surface area contributed by atoms with Crippen molar-refractivity contribution in [3.05, 3.63) is 81.6 Å². The van der Waals surface area contributed by atoms with Gasteiger partial charge in [-0.2, -0.15) is 0 Å². The average molecular weight is 411 g/mol. The lowest BCUT2D eigenvalue weighted by Gasteiger charge is -2.29. The monoisotopic (exact) mass is 410 g/mol. The van der Waals surface area contributed by atoms with Gasteiger partial charge in [-0.1, -0.05) is 24.3 Å². The van der Waals surface area contributed by atoms with Crippen LogP contribution in [0.4, 0.5) is 5.69 Å². The average Bonchev–Trinajstić information content (AvgIpc) is 2.93. The van der Waals surface area contributed by atoms with E-state index in [0.717, 1.165) is 16.8 Å². The van der Waals surface area contributed by atoms with Gasteiger partial charge in [0.25, 0.3) is 0 Å². The molecule has 0 fully saturated rings. The Kier molecular flexibility index (Phi) is 3.73. The Bertz CT molecular complexity index is 969. The van der Waals surface area contributed by atoms with Crippen LogP contribution in [0.2, 0.25) is 0 Å². The van der Waals surface area contributed by atoms with Gasteiger partial charge in [-0.3, -0.25) is 4.79 Å². The number of halogens is 1. The smallest absolute Gasteiger partial charge is 0.244 e. The molecule has 0 radical (unpaired) electrons. The van der Waals surface area contributed by atoms with Gasteiger partial charge in [0, 0.05) is 17.3 Å². The molecule has 0 unspecified atom stereocenters. The number of fused-ring (bicyclic) bond motifs is 1. The molecule has 1 amide bonds. The first-order valence-corrected chi connectivity index (χ1v) is 8.80. The van der Waals surface area contributed by atoms with E-state index in [1.165, 1.54) is 0 Å². The van der Waals surface area contributed by atoms with E-state index in [2.05, 4.69) is 26.2 Å². The molecule has 3 aromatic rings. The fraction of sp³-hybridized carbons (Fsp3) is 0.100. The minimum atomic E-state index is -1.12. The molecule has 2 aromatic carbocycles. The van der Waals surface area contributed by atoms with Crippen LogP contribution >= 0.6 is 15.9 Å². The Hall–Kier alpha value is -2.86. The molecule has 1 aromatic heterocycles. The molecule has 0 saturated heterocycles. The molecular weight excluding hydrogens is 396 g/mol. The lowest BCUT2D eigenvalue weighted by atomic mass is 9.70. The Balaban J connectivity index is 2.08. The van der Waals surface area contributed by atoms with E-state index in [1.807, 2.05) is 6.92 Å². The maximum Gasteiger partial charge on any atom is 0.244 e. The third kappa shape index (κ3) is 2.22. The van der Waals surface area contributed by atoms with Gasteiger partial charge >= 0.3 is 0 Å². The second-order valence-corrected chi connectivity index (χ2v) is 7.01. The van der Waals surface area contributed by atoms with E-state index in [9.17, 15) is 15.0 Å². The number of carbonyl (C=O) groups is 1. The van der Waals surface area contributed by atoms with Crippen LogP contribution in [0.15, 0.2) is 59.3 Å². The van der Waals surface area contributed by atoms with Crippen molar-refractivity contribution in [2.75, 3.05) is 5.32 Å². The zero-order valence-electron chi connectivity index (χ0n) is 13.8. The lowest BCUT2D eigenvalue weighted by molar-refractivity contribution is -0.118. The minimum absolute atomic E-state index is 0.123. The molecule has 26 heavy (non-hydrogen) atoms. The Morgan fingerprint density at radius 1 is 0.962 bits per heavy atom. The first-order chi connectivity index (χ1) is 12.4. The van der Waals surface area contributed by atoms with E-state index in [1.54, 1.807) is 54.7 Å². The molecular formula is C20H15BrN2O3. The molecule has 6 heteroatoms. The number of benzene rings is 2. The number of anilines is 1. The van der Waals surface area contributed by atoms with Crippen LogP contribution in [0.5, 0.6) is 11.5 Å². The van der Waals surface area contributed by atoms with Gasteiger partial charge in [0.1, 0.15) is 21.5 Å². The highest BCUT2D eigenvalue weighted by Gasteiger charge is 2.50. The van der Waals surface area contributed by atoms with Gasteiger partial charge in [-0.15, -0.1) is 0 Å². The number of amides is 1. The minimum Gasteiger partial charge on any atom is -0.508 e. The van der Waals surface area contributed by atoms with Crippen LogP contribution in [-0.2, 0) is 10.2 Å². The maximum atomic E-state index is 13.3. The molecule has 130 valence electrons. The molecule has 1 aliphatic rings. The number of phenolic OH excluding ortho intramolecular Hbond substituents is 2. The second kappa shape index (κ2) is 5.85. The predicted octanol–water partition coefficient (Wildman–Crippen LogP) is 3.85. The van der Waals surface area contributed by atoms with Crippen molar-refractivity contribution >= 4 is 27.5 Å². The van der Waals surface area contributed by atoms with Gasteiger partial charge < -0.3 is 15.5 Å². The van der Waals surface area contributed by atoms with Crippen LogP contribution in [0.1, 0.15) is 22.3 Å². The SMILES string of the molecule is Cc1c(Br)ncc2c1NC(=O)C2(c1ccc(O)cc1)c1ccc(O)cc1. The molecule has 3 N–H and O–H groups in total. The summed E-state index contributed by atoms with van der Waals surface area (Å²) in [4.78, 5) is 17.7. The third-order valence-corrected chi connectivity index (χ3v) is 5.64. The summed E-state index contributed by atoms with van der Waals surface area (Å²) in [5.41, 5.74) is 2.60. The second-order valence-electron chi connectivity index (χ2n) is 6.26. The molecule has 4 rings (SSSR count). The summed E-state index contributed by atoms with van der Waals surface area (Å²) >= 11 is 3.41. The molecule has 5 nitrogen and oxygen atoms in total. The standard InChI is InChI=1S/C20H15BrN2O3/c1-11-17-16(10-22-18(11)21)20(19(26)23-17,12-2-6-14(24)7-3-12)13-4-8-15(25)9-5-13/h2-10,24-25H,1H3,(H,23,26). The molecule has 0 atom stereocenters. The van der Waals surface area contributed by atoms with Gasteiger partial charge in [0.05, 0.1) is 5.69 Å². The fourth-order valence-electron chi connectivity index (χ4n) is 3.53. The van der Waals surface area contributed by atoms with Gasteiger partial charge in [0.15, 0.2) is 0 Å². The van der Waals surface area contributed by atoms with Crippen LogP contribution in [0.3, 0.4) is 0 Å². The summed E-state index contributed by atoms with van der Waals surface area (Å²) in [5, 5.41) is 22.3. The predicted molar refractivity (Wildman–Crippen MR) is 101 cm³/mol. The molecule has 0 aliphatic carbocycles. The number of pyridine rings is 1. The van der Waals surface area contributed by atoms with E-state index < -0.39 is 5.41 Å². The normalized spacial score (nSPS) is 14.8. The van der Waals surface area contributed by atoms with E-state index >= 15 is 0 Å². The highest BCUT2D eigenvalue weighted by Crippen LogP contribution is 2.49. The van der Waals surface area contributed by atoms with E-state index in [0.29, 0.717) is 15.7 Å². The molecule has 1 aliphatic heterocycles. The van der Waals surface area contributed by atoms with Crippen LogP contribution < -0.4 is 5.32 Å². The summed E-state index contributed by atoms with van der Waals surface area (Å²) in [6, 6.07) is 13.2. The summed E-state index contributed by atoms with van der Waals surface area (Å²) in [6.45, 7) is 1.89. The summed E-state index contributed by atoms with van der Waals surface area (Å²) in [6.07, 6.45) is 1.68. The fourth-order valence-corrected chi connectivity index (χ4v) is 3.83. The zero-order chi connectivity index (χ0) is 18.5. The number of rotatable bonds is 2. The van der Waals surface area contributed by atoms with Gasteiger partial charge in [0.2, 0.25) is 5.91 Å². The van der Waals surface area contributed by atoms with Crippen molar-refractivity contribution in [3.8, 4) is 11.5 Å². The van der Waals surface area contributed by atoms with Crippen molar-refractivity contribution in [1.82, 2.24) is 4.98 Å². The van der Waals surface area contributed by atoms with Crippen molar-refractivity contribution in [2.24, 2.45) is 0 Å². The Morgan fingerprint density at radius 2 is 1.46 bits per heavy atom. The highest BCUT2D eigenvalue weighted by atomic mass is 79.9. The summed E-state index contributed by atoms with van der Waals surface area (Å²) in [7, 11) is 0. The highest BCUT2D eigenvalue weighted by molar-refractivity contribution is 9.10. The quantitative estimate of drug-likeness (QED) is 0.560. The number of aromatic nitrogens is 1. The van der Waals surface area contributed by atoms with Crippen LogP contribution in [-0.4, -0.2) is 21.1 Å². The third-order valence-electron chi connectivity index (χ3n) is 4.84. The molecule has 0 bridgehead atoms. The van der Waals surface area contributed by atoms with Gasteiger partial charge in [-0.25, -0.2) is 4.98 Å². The zero-order valence-corrected chi connectivity index (χ0v) is 15.4. The maximum absolute atomic E-state index is 13.3. The number of nitrogens with one attached hydrogen (secondary N) is 1. The van der Waals surface area contributed by atoms with Crippen LogP contribution in [0, 0.1) is 6.92 Å².